The van der Waals surface area contributed by atoms with Gasteiger partial charge < -0.3 is 14.7 Å². The maximum Gasteiger partial charge on any atom is 0.339 e. The topological polar surface area (TPSA) is 66.8 Å². The number of thioether (sulfide) groups is 1. The third kappa shape index (κ3) is 3.11. The molecule has 0 unspecified atom stereocenters. The van der Waals surface area contributed by atoms with Gasteiger partial charge in [0.25, 0.3) is 5.24 Å². The Labute approximate surface area is 126 Å². The van der Waals surface area contributed by atoms with Crippen LogP contribution in [-0.4, -0.2) is 42.4 Å². The molecule has 0 fully saturated rings. The molecule has 2 aromatic carbocycles. The van der Waals surface area contributed by atoms with Gasteiger partial charge in [-0.15, -0.1) is 0 Å². The van der Waals surface area contributed by atoms with Crippen LogP contribution in [0, 0.1) is 0 Å². The molecular formula is C15H15NO4S. The van der Waals surface area contributed by atoms with Crippen molar-refractivity contribution in [3.05, 3.63) is 35.9 Å². The summed E-state index contributed by atoms with van der Waals surface area (Å²) in [5, 5.41) is 10.6. The van der Waals surface area contributed by atoms with Crippen molar-refractivity contribution < 1.29 is 19.4 Å². The van der Waals surface area contributed by atoms with Gasteiger partial charge in [0.15, 0.2) is 0 Å². The fraction of sp³-hybridized carbons (Fsp3) is 0.200. The molecule has 5 nitrogen and oxygen atoms in total. The van der Waals surface area contributed by atoms with Gasteiger partial charge in [0.2, 0.25) is 0 Å². The molecule has 0 heterocycles. The summed E-state index contributed by atoms with van der Waals surface area (Å²) in [6.45, 7) is 0. The summed E-state index contributed by atoms with van der Waals surface area (Å²) < 4.78 is 5.22. The van der Waals surface area contributed by atoms with Crippen LogP contribution in [0.25, 0.3) is 10.8 Å². The van der Waals surface area contributed by atoms with Crippen LogP contribution >= 0.6 is 11.8 Å². The Morgan fingerprint density at radius 1 is 1.19 bits per heavy atom. The Morgan fingerprint density at radius 3 is 2.48 bits per heavy atom. The van der Waals surface area contributed by atoms with Crippen LogP contribution in [-0.2, 0) is 0 Å². The molecule has 0 aliphatic rings. The molecule has 0 spiro atoms. The van der Waals surface area contributed by atoms with E-state index in [-0.39, 0.29) is 10.8 Å². The first-order valence-corrected chi connectivity index (χ1v) is 6.99. The number of carbonyl (C=O) groups excluding carboxylic acids is 1. The van der Waals surface area contributed by atoms with Crippen molar-refractivity contribution in [1.82, 2.24) is 4.90 Å². The molecule has 0 saturated heterocycles. The third-order valence-electron chi connectivity index (χ3n) is 2.95. The Morgan fingerprint density at radius 2 is 1.90 bits per heavy atom. The minimum atomic E-state index is -1.03. The molecule has 2 rings (SSSR count). The van der Waals surface area contributed by atoms with Gasteiger partial charge in [-0.3, -0.25) is 4.79 Å². The van der Waals surface area contributed by atoms with E-state index in [1.807, 2.05) is 6.07 Å². The molecule has 0 aromatic heterocycles. The van der Waals surface area contributed by atoms with E-state index in [0.717, 1.165) is 22.0 Å². The number of methoxy groups -OCH3 is 1. The Bertz CT molecular complexity index is 712. The molecule has 0 aliphatic carbocycles. The molecular weight excluding hydrogens is 290 g/mol. The normalized spacial score (nSPS) is 10.4. The van der Waals surface area contributed by atoms with E-state index in [4.69, 9.17) is 9.84 Å². The minimum absolute atomic E-state index is 0.0662. The summed E-state index contributed by atoms with van der Waals surface area (Å²) in [6, 6.07) is 8.61. The van der Waals surface area contributed by atoms with Crippen LogP contribution in [0.5, 0.6) is 5.75 Å². The lowest BCUT2D eigenvalue weighted by Crippen LogP contribution is -2.15. The van der Waals surface area contributed by atoms with E-state index in [1.54, 1.807) is 32.3 Å². The molecule has 6 heteroatoms. The van der Waals surface area contributed by atoms with E-state index >= 15 is 0 Å². The lowest BCUT2D eigenvalue weighted by atomic mass is 10.1. The Balaban J connectivity index is 2.48. The fourth-order valence-electron chi connectivity index (χ4n) is 1.92. The Kier molecular flexibility index (Phi) is 4.37. The van der Waals surface area contributed by atoms with Crippen molar-refractivity contribution in [2.45, 2.75) is 4.90 Å². The highest BCUT2D eigenvalue weighted by atomic mass is 32.2. The first-order chi connectivity index (χ1) is 9.93. The highest BCUT2D eigenvalue weighted by Crippen LogP contribution is 2.33. The van der Waals surface area contributed by atoms with Gasteiger partial charge in [-0.05, 0) is 41.4 Å². The predicted molar refractivity (Wildman–Crippen MR) is 82.4 cm³/mol. The third-order valence-corrected chi connectivity index (χ3v) is 3.98. The van der Waals surface area contributed by atoms with Gasteiger partial charge in [0.05, 0.1) is 7.11 Å². The van der Waals surface area contributed by atoms with Crippen molar-refractivity contribution in [3.63, 3.8) is 0 Å². The number of aromatic carboxylic acids is 1. The number of hydrogen-bond donors (Lipinski definition) is 1. The van der Waals surface area contributed by atoms with Crippen LogP contribution < -0.4 is 4.74 Å². The number of nitrogens with zero attached hydrogens (tertiary/aromatic N) is 1. The van der Waals surface area contributed by atoms with Gasteiger partial charge in [-0.25, -0.2) is 4.79 Å². The second-order valence-electron chi connectivity index (χ2n) is 4.60. The number of benzene rings is 2. The lowest BCUT2D eigenvalue weighted by molar-refractivity contribution is 0.0693. The molecule has 0 bridgehead atoms. The highest BCUT2D eigenvalue weighted by Gasteiger charge is 2.15. The number of rotatable bonds is 3. The maximum atomic E-state index is 11.7. The smallest absolute Gasteiger partial charge is 0.339 e. The van der Waals surface area contributed by atoms with Gasteiger partial charge in [0, 0.05) is 24.4 Å². The van der Waals surface area contributed by atoms with Crippen molar-refractivity contribution in [2.24, 2.45) is 0 Å². The first-order valence-electron chi connectivity index (χ1n) is 6.17. The summed E-state index contributed by atoms with van der Waals surface area (Å²) in [7, 11) is 4.83. The second-order valence-corrected chi connectivity index (χ2v) is 5.62. The summed E-state index contributed by atoms with van der Waals surface area (Å²) in [5.74, 6) is -0.703. The molecule has 1 N–H and O–H groups in total. The van der Waals surface area contributed by atoms with Gasteiger partial charge in [-0.2, -0.15) is 0 Å². The molecule has 21 heavy (non-hydrogen) atoms. The molecule has 0 saturated carbocycles. The van der Waals surface area contributed by atoms with E-state index in [1.165, 1.54) is 18.1 Å². The molecule has 1 amide bonds. The SMILES string of the molecule is COc1c(C(=O)O)ccc2cc(SC(=O)N(C)C)ccc12. The maximum absolute atomic E-state index is 11.7. The van der Waals surface area contributed by atoms with E-state index in [9.17, 15) is 9.59 Å². The largest absolute Gasteiger partial charge is 0.495 e. The molecule has 0 aliphatic heterocycles. The van der Waals surface area contributed by atoms with Crippen molar-refractivity contribution in [2.75, 3.05) is 21.2 Å². The molecule has 0 atom stereocenters. The number of carboxylic acids is 1. The predicted octanol–water partition coefficient (Wildman–Crippen LogP) is 3.32. The van der Waals surface area contributed by atoms with Crippen molar-refractivity contribution in [3.8, 4) is 5.75 Å². The number of hydrogen-bond acceptors (Lipinski definition) is 4. The van der Waals surface area contributed by atoms with E-state index in [0.29, 0.717) is 11.1 Å². The van der Waals surface area contributed by atoms with Gasteiger partial charge in [0.1, 0.15) is 11.3 Å². The van der Waals surface area contributed by atoms with E-state index in [2.05, 4.69) is 0 Å². The van der Waals surface area contributed by atoms with Crippen LogP contribution in [0.1, 0.15) is 10.4 Å². The lowest BCUT2D eigenvalue weighted by Gasteiger charge is -2.11. The van der Waals surface area contributed by atoms with Gasteiger partial charge >= 0.3 is 5.97 Å². The molecule has 0 radical (unpaired) electrons. The number of fused-ring (bicyclic) bond motifs is 1. The van der Waals surface area contributed by atoms with Crippen LogP contribution in [0.2, 0.25) is 0 Å². The zero-order valence-corrected chi connectivity index (χ0v) is 12.7. The van der Waals surface area contributed by atoms with Crippen molar-refractivity contribution >= 4 is 33.7 Å². The number of amides is 1. The number of carbonyl (C=O) groups is 2. The molecule has 110 valence electrons. The highest BCUT2D eigenvalue weighted by molar-refractivity contribution is 8.13. The number of carboxylic acid groups (broad SMARTS) is 1. The molecule has 2 aromatic rings. The van der Waals surface area contributed by atoms with Crippen LogP contribution in [0.4, 0.5) is 4.79 Å². The quantitative estimate of drug-likeness (QED) is 0.881. The number of ether oxygens (including phenoxy) is 1. The fourth-order valence-corrected chi connectivity index (χ4v) is 2.63. The zero-order valence-electron chi connectivity index (χ0n) is 11.9. The van der Waals surface area contributed by atoms with Crippen LogP contribution in [0.15, 0.2) is 35.2 Å². The summed E-state index contributed by atoms with van der Waals surface area (Å²) in [4.78, 5) is 25.2. The monoisotopic (exact) mass is 305 g/mol. The van der Waals surface area contributed by atoms with Crippen molar-refractivity contribution in [1.29, 1.82) is 0 Å². The summed E-state index contributed by atoms with van der Waals surface area (Å²) in [5.41, 5.74) is 0.120. The Hall–Kier alpha value is -2.21. The van der Waals surface area contributed by atoms with E-state index < -0.39 is 5.97 Å². The van der Waals surface area contributed by atoms with Gasteiger partial charge in [-0.1, -0.05) is 6.07 Å². The zero-order chi connectivity index (χ0) is 15.6. The van der Waals surface area contributed by atoms with Crippen LogP contribution in [0.3, 0.4) is 0 Å². The summed E-state index contributed by atoms with van der Waals surface area (Å²) in [6.07, 6.45) is 0. The summed E-state index contributed by atoms with van der Waals surface area (Å²) >= 11 is 1.12. The average Bonchev–Trinajstić information content (AvgIpc) is 2.45. The average molecular weight is 305 g/mol. The first kappa shape index (κ1) is 15.2. The standard InChI is InChI=1S/C15H15NO4S/c1-16(2)15(19)21-10-5-7-11-9(8-10)4-6-12(14(17)18)13(11)20-3/h4-8H,1-3H3,(H,17,18). The minimum Gasteiger partial charge on any atom is -0.495 e. The second kappa shape index (κ2) is 6.05.